The second-order valence-corrected chi connectivity index (χ2v) is 8.54. The number of primary amides is 1. The van der Waals surface area contributed by atoms with Crippen molar-refractivity contribution in [2.75, 3.05) is 26.2 Å². The Kier molecular flexibility index (Phi) is 6.13. The number of hydrogen-bond acceptors (Lipinski definition) is 4. The predicted octanol–water partition coefficient (Wildman–Crippen LogP) is 1.76. The Hall–Kier alpha value is -2.41. The van der Waals surface area contributed by atoms with Crippen molar-refractivity contribution in [3.8, 4) is 0 Å². The average molecular weight is 398 g/mol. The summed E-state index contributed by atoms with van der Waals surface area (Å²) in [6.45, 7) is 4.06. The maximum Gasteiger partial charge on any atom is 0.222 e. The maximum absolute atomic E-state index is 12.8. The summed E-state index contributed by atoms with van der Waals surface area (Å²) in [7, 11) is 0. The molecule has 0 unspecified atom stereocenters. The summed E-state index contributed by atoms with van der Waals surface area (Å²) in [5.41, 5.74) is 8.12. The molecule has 0 bridgehead atoms. The lowest BCUT2D eigenvalue weighted by Crippen LogP contribution is -2.42. The number of benzene rings is 1. The van der Waals surface area contributed by atoms with Crippen molar-refractivity contribution in [1.29, 1.82) is 0 Å². The number of aromatic amines is 1. The molecule has 1 aromatic heterocycles. The normalized spacial score (nSPS) is 19.0. The molecule has 2 fully saturated rings. The van der Waals surface area contributed by atoms with Gasteiger partial charge < -0.3 is 16.0 Å². The number of rotatable bonds is 6. The van der Waals surface area contributed by atoms with Gasteiger partial charge in [0.25, 0.3) is 0 Å². The molecule has 7 heteroatoms. The van der Waals surface area contributed by atoms with Gasteiger partial charge in [-0.15, -0.1) is 0 Å². The molecule has 7 nitrogen and oxygen atoms in total. The number of hydrogen-bond donors (Lipinski definition) is 3. The van der Waals surface area contributed by atoms with Crippen LogP contribution in [0.1, 0.15) is 43.2 Å². The third kappa shape index (κ3) is 4.78. The third-order valence-corrected chi connectivity index (χ3v) is 6.63. The lowest BCUT2D eigenvalue weighted by atomic mass is 9.79. The van der Waals surface area contributed by atoms with Gasteiger partial charge in [-0.2, -0.15) is 5.10 Å². The van der Waals surface area contributed by atoms with Crippen LogP contribution in [0.4, 0.5) is 0 Å². The highest BCUT2D eigenvalue weighted by molar-refractivity contribution is 5.87. The quantitative estimate of drug-likeness (QED) is 0.691. The van der Waals surface area contributed by atoms with Crippen LogP contribution in [0.15, 0.2) is 18.3 Å². The van der Waals surface area contributed by atoms with Gasteiger partial charge in [0.15, 0.2) is 0 Å². The number of nitrogens with two attached hydrogens (primary N) is 1. The number of likely N-dealkylation sites (tertiary alicyclic amines) is 1. The number of fused-ring (bicyclic) bond motifs is 1. The minimum Gasteiger partial charge on any atom is -0.369 e. The zero-order chi connectivity index (χ0) is 20.2. The molecule has 0 aliphatic carbocycles. The molecule has 0 atom stereocenters. The summed E-state index contributed by atoms with van der Waals surface area (Å²) >= 11 is 0. The van der Waals surface area contributed by atoms with Gasteiger partial charge in [0.2, 0.25) is 11.8 Å². The van der Waals surface area contributed by atoms with E-state index in [9.17, 15) is 9.59 Å². The van der Waals surface area contributed by atoms with E-state index in [1.807, 2.05) is 17.0 Å². The van der Waals surface area contributed by atoms with E-state index in [2.05, 4.69) is 15.5 Å². The Morgan fingerprint density at radius 3 is 2.55 bits per heavy atom. The molecular formula is C22H31N5O2. The van der Waals surface area contributed by atoms with Crippen molar-refractivity contribution in [3.63, 3.8) is 0 Å². The summed E-state index contributed by atoms with van der Waals surface area (Å²) < 4.78 is 0. The maximum atomic E-state index is 12.8. The summed E-state index contributed by atoms with van der Waals surface area (Å²) in [5, 5.41) is 11.4. The fourth-order valence-electron chi connectivity index (χ4n) is 5.02. The van der Waals surface area contributed by atoms with Gasteiger partial charge in [-0.3, -0.25) is 14.7 Å². The fraction of sp³-hybridized carbons (Fsp3) is 0.591. The van der Waals surface area contributed by atoms with Gasteiger partial charge in [-0.05, 0) is 74.2 Å². The average Bonchev–Trinajstić information content (AvgIpc) is 3.21. The Morgan fingerprint density at radius 1 is 1.10 bits per heavy atom. The van der Waals surface area contributed by atoms with Gasteiger partial charge in [-0.1, -0.05) is 6.07 Å². The van der Waals surface area contributed by atoms with Crippen LogP contribution >= 0.6 is 0 Å². The van der Waals surface area contributed by atoms with Crippen LogP contribution in [-0.4, -0.2) is 53.1 Å². The summed E-state index contributed by atoms with van der Waals surface area (Å²) in [6.07, 6.45) is 7.92. The van der Waals surface area contributed by atoms with Crippen molar-refractivity contribution in [2.45, 2.75) is 44.9 Å². The highest BCUT2D eigenvalue weighted by Crippen LogP contribution is 2.31. The van der Waals surface area contributed by atoms with Crippen LogP contribution in [-0.2, 0) is 22.4 Å². The lowest BCUT2D eigenvalue weighted by molar-refractivity contribution is -0.132. The first-order valence-electron chi connectivity index (χ1n) is 10.8. The molecule has 2 amide bonds. The van der Waals surface area contributed by atoms with E-state index >= 15 is 0 Å². The van der Waals surface area contributed by atoms with Gasteiger partial charge in [0.05, 0.1) is 18.1 Å². The van der Waals surface area contributed by atoms with Crippen molar-refractivity contribution in [3.05, 3.63) is 29.5 Å². The number of aryl methyl sites for hydroxylation is 1. The summed E-state index contributed by atoms with van der Waals surface area (Å²) in [6, 6.07) is 4.02. The predicted molar refractivity (Wildman–Crippen MR) is 112 cm³/mol. The van der Waals surface area contributed by atoms with Crippen LogP contribution < -0.4 is 11.1 Å². The molecule has 0 spiro atoms. The van der Waals surface area contributed by atoms with Crippen LogP contribution in [0.3, 0.4) is 0 Å². The van der Waals surface area contributed by atoms with E-state index in [1.165, 1.54) is 12.8 Å². The first-order chi connectivity index (χ1) is 14.1. The molecule has 3 heterocycles. The van der Waals surface area contributed by atoms with E-state index in [-0.39, 0.29) is 18.2 Å². The zero-order valence-corrected chi connectivity index (χ0v) is 17.0. The molecule has 0 saturated carbocycles. The first kappa shape index (κ1) is 19.9. The Balaban J connectivity index is 1.32. The number of nitrogens with one attached hydrogen (secondary N) is 2. The van der Waals surface area contributed by atoms with Crippen molar-refractivity contribution < 1.29 is 9.59 Å². The monoisotopic (exact) mass is 397 g/mol. The molecule has 156 valence electrons. The van der Waals surface area contributed by atoms with Crippen LogP contribution in [0, 0.1) is 11.8 Å². The van der Waals surface area contributed by atoms with Gasteiger partial charge in [-0.25, -0.2) is 0 Å². The van der Waals surface area contributed by atoms with Crippen LogP contribution in [0.2, 0.25) is 0 Å². The van der Waals surface area contributed by atoms with E-state index < -0.39 is 0 Å². The molecular weight excluding hydrogens is 366 g/mol. The topological polar surface area (TPSA) is 104 Å². The highest BCUT2D eigenvalue weighted by Gasteiger charge is 2.29. The number of H-pyrrole nitrogens is 1. The molecule has 2 aliphatic rings. The molecule has 1 aromatic carbocycles. The molecule has 2 aliphatic heterocycles. The smallest absolute Gasteiger partial charge is 0.222 e. The van der Waals surface area contributed by atoms with Gasteiger partial charge in [0.1, 0.15) is 0 Å². The van der Waals surface area contributed by atoms with Crippen molar-refractivity contribution >= 4 is 22.7 Å². The molecule has 29 heavy (non-hydrogen) atoms. The molecule has 0 radical (unpaired) electrons. The third-order valence-electron chi connectivity index (χ3n) is 6.63. The SMILES string of the molecule is NC(=O)Cc1cc(CCC(=O)N2CCC(C3CCNCC3)CC2)cc2cn[nH]c12. The Bertz CT molecular complexity index is 863. The van der Waals surface area contributed by atoms with Gasteiger partial charge in [0, 0.05) is 24.9 Å². The summed E-state index contributed by atoms with van der Waals surface area (Å²) in [5.74, 6) is 1.48. The Labute approximate surface area is 171 Å². The van der Waals surface area contributed by atoms with E-state index in [1.54, 1.807) is 6.20 Å². The Morgan fingerprint density at radius 2 is 1.83 bits per heavy atom. The number of carbonyl (C=O) groups is 2. The molecule has 2 aromatic rings. The first-order valence-corrected chi connectivity index (χ1v) is 10.8. The van der Waals surface area contributed by atoms with E-state index in [0.717, 1.165) is 72.9 Å². The zero-order valence-electron chi connectivity index (χ0n) is 17.0. The summed E-state index contributed by atoms with van der Waals surface area (Å²) in [4.78, 5) is 26.2. The molecule has 4 rings (SSSR count). The van der Waals surface area contributed by atoms with Crippen LogP contribution in [0.5, 0.6) is 0 Å². The molecule has 4 N–H and O–H groups in total. The fourth-order valence-corrected chi connectivity index (χ4v) is 5.02. The van der Waals surface area contributed by atoms with Crippen molar-refractivity contribution in [2.24, 2.45) is 17.6 Å². The number of piperidine rings is 2. The number of amides is 2. The second-order valence-electron chi connectivity index (χ2n) is 8.54. The number of carbonyl (C=O) groups excluding carboxylic acids is 2. The second kappa shape index (κ2) is 8.95. The van der Waals surface area contributed by atoms with E-state index in [0.29, 0.717) is 12.8 Å². The minimum atomic E-state index is -0.370. The van der Waals surface area contributed by atoms with E-state index in [4.69, 9.17) is 5.73 Å². The lowest BCUT2D eigenvalue weighted by Gasteiger charge is -2.37. The number of nitrogens with zero attached hydrogens (tertiary/aromatic N) is 2. The molecule has 2 saturated heterocycles. The minimum absolute atomic E-state index is 0.171. The standard InChI is InChI=1S/C22H31N5O2/c23-20(28)13-18-11-15(12-19-14-25-26-22(18)19)1-2-21(29)27-9-5-17(6-10-27)16-3-7-24-8-4-16/h11-12,14,16-17,24H,1-10,13H2,(H2,23,28)(H,25,26). The van der Waals surface area contributed by atoms with Crippen LogP contribution in [0.25, 0.3) is 10.9 Å². The van der Waals surface area contributed by atoms with Gasteiger partial charge >= 0.3 is 0 Å². The largest absolute Gasteiger partial charge is 0.369 e. The van der Waals surface area contributed by atoms with Crippen molar-refractivity contribution in [1.82, 2.24) is 20.4 Å². The highest BCUT2D eigenvalue weighted by atomic mass is 16.2. The number of aromatic nitrogens is 2.